The quantitative estimate of drug-likeness (QED) is 0.881. The molecule has 0 aliphatic heterocycles. The lowest BCUT2D eigenvalue weighted by molar-refractivity contribution is 0.475. The lowest BCUT2D eigenvalue weighted by Crippen LogP contribution is -2.23. The number of nitrogens with two attached hydrogens (primary N) is 1. The monoisotopic (exact) mass is 294 g/mol. The number of sulfonamides is 1. The highest BCUT2D eigenvalue weighted by Crippen LogP contribution is 2.16. The van der Waals surface area contributed by atoms with Crippen LogP contribution in [0.15, 0.2) is 39.6 Å². The highest BCUT2D eigenvalue weighted by molar-refractivity contribution is 7.89. The summed E-state index contributed by atoms with van der Waals surface area (Å²) < 4.78 is 32.2. The van der Waals surface area contributed by atoms with Crippen LogP contribution in [0, 0.1) is 13.8 Å². The second-order valence-electron chi connectivity index (χ2n) is 4.63. The van der Waals surface area contributed by atoms with Gasteiger partial charge in [-0.25, -0.2) is 13.1 Å². The maximum absolute atomic E-state index is 12.2. The highest BCUT2D eigenvalue weighted by atomic mass is 32.2. The Labute approximate surface area is 118 Å². The highest BCUT2D eigenvalue weighted by Gasteiger charge is 2.15. The molecular weight excluding hydrogens is 276 g/mol. The van der Waals surface area contributed by atoms with Crippen LogP contribution in [-0.2, 0) is 23.1 Å². The van der Waals surface area contributed by atoms with Gasteiger partial charge in [0.25, 0.3) is 0 Å². The molecule has 0 saturated carbocycles. The number of nitrogens with one attached hydrogen (secondary N) is 1. The van der Waals surface area contributed by atoms with Crippen molar-refractivity contribution in [2.45, 2.75) is 31.8 Å². The van der Waals surface area contributed by atoms with Crippen LogP contribution in [0.25, 0.3) is 0 Å². The van der Waals surface area contributed by atoms with Crippen LogP contribution >= 0.6 is 0 Å². The van der Waals surface area contributed by atoms with Crippen molar-refractivity contribution in [3.05, 3.63) is 53.0 Å². The minimum absolute atomic E-state index is 0.133. The first kappa shape index (κ1) is 14.8. The molecule has 0 aliphatic carbocycles. The molecule has 0 atom stereocenters. The SMILES string of the molecule is Cc1ccc(CNS(=O)(=O)c2ccc(CN)c(C)c2)o1. The Morgan fingerprint density at radius 1 is 1.20 bits per heavy atom. The predicted octanol–water partition coefficient (Wildman–Crippen LogP) is 1.83. The summed E-state index contributed by atoms with van der Waals surface area (Å²) in [4.78, 5) is 0.232. The summed E-state index contributed by atoms with van der Waals surface area (Å²) in [6, 6.07) is 8.47. The molecule has 0 radical (unpaired) electrons. The molecule has 0 unspecified atom stereocenters. The fraction of sp³-hybridized carbons (Fsp3) is 0.286. The fourth-order valence-corrected chi connectivity index (χ4v) is 2.97. The van der Waals surface area contributed by atoms with Gasteiger partial charge in [-0.2, -0.15) is 0 Å². The Hall–Kier alpha value is -1.63. The second-order valence-corrected chi connectivity index (χ2v) is 6.40. The van der Waals surface area contributed by atoms with Crippen molar-refractivity contribution in [1.29, 1.82) is 0 Å². The first-order valence-electron chi connectivity index (χ1n) is 6.27. The molecule has 1 aromatic heterocycles. The largest absolute Gasteiger partial charge is 0.465 e. The molecule has 3 N–H and O–H groups in total. The van der Waals surface area contributed by atoms with E-state index >= 15 is 0 Å². The molecule has 0 bridgehead atoms. The summed E-state index contributed by atoms with van der Waals surface area (Å²) in [5, 5.41) is 0. The van der Waals surface area contributed by atoms with Crippen LogP contribution in [0.5, 0.6) is 0 Å². The van der Waals surface area contributed by atoms with Gasteiger partial charge >= 0.3 is 0 Å². The van der Waals surface area contributed by atoms with Gasteiger partial charge in [-0.05, 0) is 49.2 Å². The summed E-state index contributed by atoms with van der Waals surface area (Å²) in [6.45, 7) is 4.18. The first-order chi connectivity index (χ1) is 9.42. The van der Waals surface area contributed by atoms with Gasteiger partial charge in [0.15, 0.2) is 0 Å². The van der Waals surface area contributed by atoms with Crippen molar-refractivity contribution in [1.82, 2.24) is 4.72 Å². The second kappa shape index (κ2) is 5.78. The lowest BCUT2D eigenvalue weighted by Gasteiger charge is -2.08. The number of hydrogen-bond acceptors (Lipinski definition) is 4. The summed E-state index contributed by atoms with van der Waals surface area (Å²) >= 11 is 0. The average Bonchev–Trinajstić information content (AvgIpc) is 2.82. The average molecular weight is 294 g/mol. The van der Waals surface area contributed by atoms with E-state index in [1.807, 2.05) is 13.8 Å². The van der Waals surface area contributed by atoms with E-state index in [2.05, 4.69) is 4.72 Å². The van der Waals surface area contributed by atoms with E-state index in [-0.39, 0.29) is 11.4 Å². The van der Waals surface area contributed by atoms with Crippen molar-refractivity contribution < 1.29 is 12.8 Å². The normalized spacial score (nSPS) is 11.8. The molecule has 5 nitrogen and oxygen atoms in total. The summed E-state index contributed by atoms with van der Waals surface area (Å²) in [6.07, 6.45) is 0. The molecule has 1 aromatic carbocycles. The van der Waals surface area contributed by atoms with Gasteiger partial charge in [-0.15, -0.1) is 0 Å². The first-order valence-corrected chi connectivity index (χ1v) is 7.75. The van der Waals surface area contributed by atoms with Crippen molar-refractivity contribution in [3.8, 4) is 0 Å². The van der Waals surface area contributed by atoms with Crippen molar-refractivity contribution in [3.63, 3.8) is 0 Å². The Morgan fingerprint density at radius 3 is 2.50 bits per heavy atom. The molecule has 0 aliphatic rings. The third kappa shape index (κ3) is 3.27. The molecule has 0 saturated heterocycles. The fourth-order valence-electron chi connectivity index (χ4n) is 1.89. The molecule has 20 heavy (non-hydrogen) atoms. The van der Waals surface area contributed by atoms with Gasteiger partial charge in [-0.1, -0.05) is 6.07 Å². The van der Waals surface area contributed by atoms with Crippen LogP contribution in [0.3, 0.4) is 0 Å². The number of aryl methyl sites for hydroxylation is 2. The van der Waals surface area contributed by atoms with Crippen LogP contribution < -0.4 is 10.5 Å². The van der Waals surface area contributed by atoms with Gasteiger partial charge < -0.3 is 10.2 Å². The molecule has 0 amide bonds. The number of furan rings is 1. The van der Waals surface area contributed by atoms with Gasteiger partial charge in [-0.3, -0.25) is 0 Å². The van der Waals surface area contributed by atoms with Gasteiger partial charge in [0, 0.05) is 6.54 Å². The smallest absolute Gasteiger partial charge is 0.240 e. The molecular formula is C14H18N2O3S. The zero-order chi connectivity index (χ0) is 14.8. The number of benzene rings is 1. The Bertz CT molecular complexity index is 705. The molecule has 108 valence electrons. The minimum Gasteiger partial charge on any atom is -0.465 e. The van der Waals surface area contributed by atoms with Crippen LogP contribution in [0.2, 0.25) is 0 Å². The zero-order valence-corrected chi connectivity index (χ0v) is 12.3. The van der Waals surface area contributed by atoms with Crippen LogP contribution in [0.1, 0.15) is 22.6 Å². The molecule has 2 aromatic rings. The molecule has 1 heterocycles. The van der Waals surface area contributed by atoms with Gasteiger partial charge in [0.05, 0.1) is 11.4 Å². The van der Waals surface area contributed by atoms with E-state index in [1.165, 1.54) is 0 Å². The van der Waals surface area contributed by atoms with E-state index in [9.17, 15) is 8.42 Å². The van der Waals surface area contributed by atoms with E-state index in [0.717, 1.165) is 16.9 Å². The molecule has 6 heteroatoms. The number of hydrogen-bond donors (Lipinski definition) is 2. The Balaban J connectivity index is 2.15. The lowest BCUT2D eigenvalue weighted by atomic mass is 10.1. The third-order valence-corrected chi connectivity index (χ3v) is 4.48. The maximum atomic E-state index is 12.2. The van der Waals surface area contributed by atoms with Gasteiger partial charge in [0.1, 0.15) is 11.5 Å². The van der Waals surface area contributed by atoms with E-state index in [0.29, 0.717) is 12.3 Å². The van der Waals surface area contributed by atoms with Crippen molar-refractivity contribution in [2.75, 3.05) is 0 Å². The van der Waals surface area contributed by atoms with Crippen LogP contribution in [-0.4, -0.2) is 8.42 Å². The standard InChI is InChI=1S/C14H18N2O3S/c1-10-7-14(6-4-12(10)8-15)20(17,18)16-9-13-5-3-11(2)19-13/h3-7,16H,8-9,15H2,1-2H3. The van der Waals surface area contributed by atoms with E-state index in [4.69, 9.17) is 10.2 Å². The Kier molecular flexibility index (Phi) is 4.27. The minimum atomic E-state index is -3.55. The Morgan fingerprint density at radius 2 is 1.95 bits per heavy atom. The molecule has 0 fully saturated rings. The zero-order valence-electron chi connectivity index (χ0n) is 11.5. The van der Waals surface area contributed by atoms with Crippen molar-refractivity contribution >= 4 is 10.0 Å². The van der Waals surface area contributed by atoms with Gasteiger partial charge in [0.2, 0.25) is 10.0 Å². The maximum Gasteiger partial charge on any atom is 0.240 e. The van der Waals surface area contributed by atoms with E-state index in [1.54, 1.807) is 30.3 Å². The topological polar surface area (TPSA) is 85.3 Å². The summed E-state index contributed by atoms with van der Waals surface area (Å²) in [7, 11) is -3.55. The molecule has 2 rings (SSSR count). The number of rotatable bonds is 5. The predicted molar refractivity (Wildman–Crippen MR) is 76.5 cm³/mol. The summed E-state index contributed by atoms with van der Waals surface area (Å²) in [5.74, 6) is 1.34. The van der Waals surface area contributed by atoms with E-state index < -0.39 is 10.0 Å². The van der Waals surface area contributed by atoms with Crippen molar-refractivity contribution in [2.24, 2.45) is 5.73 Å². The summed E-state index contributed by atoms with van der Waals surface area (Å²) in [5.41, 5.74) is 7.37. The molecule has 0 spiro atoms. The third-order valence-electron chi connectivity index (χ3n) is 3.08. The van der Waals surface area contributed by atoms with Crippen LogP contribution in [0.4, 0.5) is 0 Å².